The van der Waals surface area contributed by atoms with E-state index < -0.39 is 26.1 Å². The van der Waals surface area contributed by atoms with E-state index in [1.54, 1.807) is 16.8 Å². The summed E-state index contributed by atoms with van der Waals surface area (Å²) in [6.07, 6.45) is -1.14. The first-order valence-corrected chi connectivity index (χ1v) is 14.1. The van der Waals surface area contributed by atoms with Crippen LogP contribution < -0.4 is 0 Å². The molecule has 1 aliphatic heterocycles. The lowest BCUT2D eigenvalue weighted by atomic mass is 10.2. The van der Waals surface area contributed by atoms with Crippen LogP contribution in [0.4, 0.5) is 9.59 Å². The van der Waals surface area contributed by atoms with Gasteiger partial charge in [-0.1, -0.05) is 51.1 Å². The van der Waals surface area contributed by atoms with E-state index in [1.807, 2.05) is 51.1 Å². The van der Waals surface area contributed by atoms with Crippen molar-refractivity contribution in [2.45, 2.75) is 84.0 Å². The highest BCUT2D eigenvalue weighted by atomic mass is 28.4. The Hall–Kier alpha value is -2.06. The van der Waals surface area contributed by atoms with E-state index in [2.05, 4.69) is 33.9 Å². The van der Waals surface area contributed by atoms with Crippen LogP contribution in [0.15, 0.2) is 30.3 Å². The summed E-state index contributed by atoms with van der Waals surface area (Å²) in [5.74, 6) is 0. The molecule has 32 heavy (non-hydrogen) atoms. The summed E-state index contributed by atoms with van der Waals surface area (Å²) >= 11 is 0. The van der Waals surface area contributed by atoms with Crippen molar-refractivity contribution in [3.63, 3.8) is 0 Å². The molecule has 2 rings (SSSR count). The van der Waals surface area contributed by atoms with Crippen LogP contribution in [-0.2, 0) is 20.5 Å². The van der Waals surface area contributed by atoms with Gasteiger partial charge in [0, 0.05) is 13.6 Å². The van der Waals surface area contributed by atoms with Crippen molar-refractivity contribution in [3.8, 4) is 0 Å². The summed E-state index contributed by atoms with van der Waals surface area (Å²) in [6.45, 7) is 17.3. The van der Waals surface area contributed by atoms with Crippen molar-refractivity contribution in [2.24, 2.45) is 0 Å². The SMILES string of the molecule is CN(C(=O)OC(C)(C)C)[C@@H]1CN(C(=O)OCc2ccccc2)C[C@@H]1O[Si](C)(C)C(C)(C)C. The monoisotopic (exact) mass is 464 g/mol. The van der Waals surface area contributed by atoms with Gasteiger partial charge in [0.15, 0.2) is 8.32 Å². The van der Waals surface area contributed by atoms with Crippen LogP contribution in [-0.4, -0.2) is 68.2 Å². The number of likely N-dealkylation sites (N-methyl/N-ethyl adjacent to an activating group) is 1. The molecule has 0 N–H and O–H groups in total. The molecule has 0 unspecified atom stereocenters. The Labute approximate surface area is 194 Å². The lowest BCUT2D eigenvalue weighted by Crippen LogP contribution is -2.52. The molecule has 1 aromatic rings. The fraction of sp³-hybridized carbons (Fsp3) is 0.667. The van der Waals surface area contributed by atoms with Crippen LogP contribution in [0, 0.1) is 0 Å². The third-order valence-electron chi connectivity index (χ3n) is 6.13. The maximum Gasteiger partial charge on any atom is 0.410 e. The number of nitrogens with zero attached hydrogens (tertiary/aromatic N) is 2. The van der Waals surface area contributed by atoms with Gasteiger partial charge < -0.3 is 23.7 Å². The Bertz CT molecular complexity index is 786. The number of rotatable bonds is 5. The number of amides is 2. The van der Waals surface area contributed by atoms with Crippen LogP contribution in [0.3, 0.4) is 0 Å². The molecule has 0 aliphatic carbocycles. The van der Waals surface area contributed by atoms with Crippen molar-refractivity contribution >= 4 is 20.5 Å². The molecule has 0 saturated carbocycles. The molecular formula is C24H40N2O5Si. The lowest BCUT2D eigenvalue weighted by Gasteiger charge is -2.40. The van der Waals surface area contributed by atoms with Crippen LogP contribution in [0.25, 0.3) is 0 Å². The second kappa shape index (κ2) is 9.83. The van der Waals surface area contributed by atoms with Crippen molar-refractivity contribution in [3.05, 3.63) is 35.9 Å². The average molecular weight is 465 g/mol. The maximum atomic E-state index is 12.8. The predicted octanol–water partition coefficient (Wildman–Crippen LogP) is 5.26. The normalized spacial score (nSPS) is 19.6. The molecule has 1 aromatic carbocycles. The lowest BCUT2D eigenvalue weighted by molar-refractivity contribution is 0.0125. The average Bonchev–Trinajstić information content (AvgIpc) is 3.07. The zero-order valence-electron chi connectivity index (χ0n) is 21.1. The Morgan fingerprint density at radius 3 is 2.19 bits per heavy atom. The van der Waals surface area contributed by atoms with Crippen LogP contribution in [0.5, 0.6) is 0 Å². The number of carbonyl (C=O) groups is 2. The van der Waals surface area contributed by atoms with Gasteiger partial charge in [0.05, 0.1) is 18.7 Å². The largest absolute Gasteiger partial charge is 0.445 e. The first kappa shape index (κ1) is 26.2. The number of hydrogen-bond acceptors (Lipinski definition) is 5. The molecule has 2 amide bonds. The quantitative estimate of drug-likeness (QED) is 0.556. The third-order valence-corrected chi connectivity index (χ3v) is 10.6. The molecule has 1 saturated heterocycles. The Morgan fingerprint density at radius 2 is 1.66 bits per heavy atom. The van der Waals surface area contributed by atoms with Crippen molar-refractivity contribution < 1.29 is 23.5 Å². The van der Waals surface area contributed by atoms with Gasteiger partial charge in [0.1, 0.15) is 12.2 Å². The molecule has 1 aliphatic rings. The number of carbonyl (C=O) groups excluding carboxylic acids is 2. The minimum Gasteiger partial charge on any atom is -0.445 e. The second-order valence-corrected chi connectivity index (χ2v) is 15.8. The van der Waals surface area contributed by atoms with Crippen LogP contribution in [0.1, 0.15) is 47.1 Å². The van der Waals surface area contributed by atoms with Gasteiger partial charge in [0.2, 0.25) is 0 Å². The number of hydrogen-bond donors (Lipinski definition) is 0. The van der Waals surface area contributed by atoms with Crippen molar-refractivity contribution in [1.82, 2.24) is 9.80 Å². The molecular weight excluding hydrogens is 424 g/mol. The van der Waals surface area contributed by atoms with Gasteiger partial charge in [-0.15, -0.1) is 0 Å². The van der Waals surface area contributed by atoms with E-state index in [-0.39, 0.29) is 23.8 Å². The highest BCUT2D eigenvalue weighted by molar-refractivity contribution is 6.74. The van der Waals surface area contributed by atoms with Crippen LogP contribution >= 0.6 is 0 Å². The standard InChI is InChI=1S/C24H40N2O5Si/c1-23(2,3)30-21(27)25(7)19-15-26(16-20(19)31-32(8,9)24(4,5)6)22(28)29-17-18-13-11-10-12-14-18/h10-14,19-20H,15-17H2,1-9H3/t19-,20+/m1/s1. The molecule has 0 aromatic heterocycles. The van der Waals surface area contributed by atoms with Crippen molar-refractivity contribution in [1.29, 1.82) is 0 Å². The zero-order chi connectivity index (χ0) is 24.3. The number of ether oxygens (including phenoxy) is 2. The van der Waals surface area contributed by atoms with Gasteiger partial charge >= 0.3 is 12.2 Å². The summed E-state index contributed by atoms with van der Waals surface area (Å²) in [4.78, 5) is 28.8. The highest BCUT2D eigenvalue weighted by Gasteiger charge is 2.47. The van der Waals surface area contributed by atoms with Gasteiger partial charge in [-0.2, -0.15) is 0 Å². The van der Waals surface area contributed by atoms with Gasteiger partial charge in [-0.05, 0) is 44.5 Å². The molecule has 1 fully saturated rings. The molecule has 0 spiro atoms. The van der Waals surface area contributed by atoms with Crippen LogP contribution in [0.2, 0.25) is 18.1 Å². The van der Waals surface area contributed by atoms with E-state index in [0.29, 0.717) is 13.1 Å². The molecule has 180 valence electrons. The van der Waals surface area contributed by atoms with E-state index in [1.165, 1.54) is 0 Å². The molecule has 7 nitrogen and oxygen atoms in total. The van der Waals surface area contributed by atoms with Gasteiger partial charge in [-0.25, -0.2) is 9.59 Å². The van der Waals surface area contributed by atoms with E-state index in [4.69, 9.17) is 13.9 Å². The first-order chi connectivity index (χ1) is 14.6. The number of likely N-dealkylation sites (tertiary alicyclic amines) is 1. The minimum atomic E-state index is -2.13. The molecule has 0 bridgehead atoms. The maximum absolute atomic E-state index is 12.8. The number of benzene rings is 1. The molecule has 1 heterocycles. The Kier molecular flexibility index (Phi) is 8.04. The summed E-state index contributed by atoms with van der Waals surface area (Å²) in [7, 11) is -0.424. The Morgan fingerprint density at radius 1 is 1.06 bits per heavy atom. The summed E-state index contributed by atoms with van der Waals surface area (Å²) in [5, 5.41) is 0.00325. The second-order valence-electron chi connectivity index (χ2n) is 11.0. The minimum absolute atomic E-state index is 0.00325. The summed E-state index contributed by atoms with van der Waals surface area (Å²) in [6, 6.07) is 9.26. The highest BCUT2D eigenvalue weighted by Crippen LogP contribution is 2.39. The first-order valence-electron chi connectivity index (χ1n) is 11.2. The third kappa shape index (κ3) is 6.97. The smallest absolute Gasteiger partial charge is 0.410 e. The predicted molar refractivity (Wildman–Crippen MR) is 128 cm³/mol. The topological polar surface area (TPSA) is 68.3 Å². The zero-order valence-corrected chi connectivity index (χ0v) is 22.1. The van der Waals surface area contributed by atoms with Gasteiger partial charge in [0.25, 0.3) is 0 Å². The Balaban J connectivity index is 2.16. The fourth-order valence-corrected chi connectivity index (χ4v) is 4.57. The summed E-state index contributed by atoms with van der Waals surface area (Å²) in [5.41, 5.74) is 0.324. The summed E-state index contributed by atoms with van der Waals surface area (Å²) < 4.78 is 17.8. The van der Waals surface area contributed by atoms with E-state index in [9.17, 15) is 9.59 Å². The van der Waals surface area contributed by atoms with E-state index in [0.717, 1.165) is 5.56 Å². The molecule has 0 radical (unpaired) electrons. The molecule has 2 atom stereocenters. The van der Waals surface area contributed by atoms with Gasteiger partial charge in [-0.3, -0.25) is 0 Å². The molecule has 8 heteroatoms. The van der Waals surface area contributed by atoms with E-state index >= 15 is 0 Å². The fourth-order valence-electron chi connectivity index (χ4n) is 3.23. The van der Waals surface area contributed by atoms with Crippen molar-refractivity contribution in [2.75, 3.05) is 20.1 Å².